The summed E-state index contributed by atoms with van der Waals surface area (Å²) in [5, 5.41) is 0. The van der Waals surface area contributed by atoms with Gasteiger partial charge in [0.15, 0.2) is 0 Å². The largest absolute Gasteiger partial charge is 0.461 e. The van der Waals surface area contributed by atoms with Crippen molar-refractivity contribution in [3.63, 3.8) is 0 Å². The fourth-order valence-electron chi connectivity index (χ4n) is 3.78. The van der Waals surface area contributed by atoms with E-state index in [0.29, 0.717) is 22.0 Å². The van der Waals surface area contributed by atoms with Gasteiger partial charge in [0.25, 0.3) is 0 Å². The number of nitrogens with zero attached hydrogens (tertiary/aromatic N) is 1. The van der Waals surface area contributed by atoms with Gasteiger partial charge in [-0.25, -0.2) is 9.78 Å². The lowest BCUT2D eigenvalue weighted by molar-refractivity contribution is 0.0495. The second kappa shape index (κ2) is 6.51. The van der Waals surface area contributed by atoms with Crippen LogP contribution in [-0.4, -0.2) is 17.6 Å². The number of thiazole rings is 1. The molecule has 132 valence electrons. The quantitative estimate of drug-likeness (QED) is 0.369. The number of fused-ring (bicyclic) bond motifs is 4. The number of benzene rings is 3. The monoisotopic (exact) mass is 389 g/mol. The summed E-state index contributed by atoms with van der Waals surface area (Å²) in [6.45, 7) is 0.307. The molecule has 1 aliphatic rings. The second-order valence-electron chi connectivity index (χ2n) is 6.47. The molecule has 27 heavy (non-hydrogen) atoms. The molecule has 1 heterocycles. The lowest BCUT2D eigenvalue weighted by atomic mass is 9.98. The van der Waals surface area contributed by atoms with E-state index in [4.69, 9.17) is 4.74 Å². The standard InChI is InChI=1S/C22H15NO2S2/c24-21(17-10-5-11-19-20(17)23-22(26)27-19)25-12-18-15-8-3-1-6-13(15)14-7-2-4-9-16(14)18/h1-11,18H,12H2,(H,23,26). The van der Waals surface area contributed by atoms with E-state index < -0.39 is 0 Å². The predicted octanol–water partition coefficient (Wildman–Crippen LogP) is 5.55. The number of aromatic nitrogens is 1. The van der Waals surface area contributed by atoms with Crippen LogP contribution < -0.4 is 0 Å². The van der Waals surface area contributed by atoms with Gasteiger partial charge in [-0.1, -0.05) is 54.6 Å². The Labute approximate surface area is 166 Å². The maximum atomic E-state index is 12.8. The highest BCUT2D eigenvalue weighted by molar-refractivity contribution is 7.82. The molecular formula is C22H15NO2S2. The molecule has 0 aliphatic heterocycles. The van der Waals surface area contributed by atoms with Crippen LogP contribution in [-0.2, 0) is 4.74 Å². The van der Waals surface area contributed by atoms with Crippen LogP contribution in [0.5, 0.6) is 0 Å². The van der Waals surface area contributed by atoms with Crippen LogP contribution in [0.3, 0.4) is 0 Å². The Morgan fingerprint density at radius 3 is 2.33 bits per heavy atom. The van der Waals surface area contributed by atoms with E-state index in [-0.39, 0.29) is 11.9 Å². The first-order valence-electron chi connectivity index (χ1n) is 8.66. The summed E-state index contributed by atoms with van der Waals surface area (Å²) in [4.78, 5) is 17.1. The Kier molecular flexibility index (Phi) is 3.99. The number of hydrogen-bond acceptors (Lipinski definition) is 5. The molecule has 5 rings (SSSR count). The summed E-state index contributed by atoms with van der Waals surface area (Å²) >= 11 is 5.75. The fraction of sp³-hybridized carbons (Fsp3) is 0.0909. The van der Waals surface area contributed by atoms with Crippen molar-refractivity contribution in [2.75, 3.05) is 6.61 Å². The lowest BCUT2D eigenvalue weighted by Gasteiger charge is -2.14. The van der Waals surface area contributed by atoms with Crippen LogP contribution in [0.1, 0.15) is 27.4 Å². The van der Waals surface area contributed by atoms with Crippen LogP contribution in [0.2, 0.25) is 0 Å². The van der Waals surface area contributed by atoms with Crippen molar-refractivity contribution in [1.82, 2.24) is 4.98 Å². The molecule has 3 aromatic carbocycles. The van der Waals surface area contributed by atoms with Gasteiger partial charge in [0, 0.05) is 5.92 Å². The van der Waals surface area contributed by atoms with E-state index in [0.717, 1.165) is 4.70 Å². The molecule has 0 saturated heterocycles. The highest BCUT2D eigenvalue weighted by atomic mass is 32.2. The first-order valence-corrected chi connectivity index (χ1v) is 9.92. The molecule has 5 heteroatoms. The van der Waals surface area contributed by atoms with E-state index in [1.807, 2.05) is 36.4 Å². The van der Waals surface area contributed by atoms with Crippen molar-refractivity contribution >= 4 is 40.2 Å². The molecule has 0 N–H and O–H groups in total. The van der Waals surface area contributed by atoms with Crippen LogP contribution in [0, 0.1) is 0 Å². The van der Waals surface area contributed by atoms with E-state index >= 15 is 0 Å². The average molecular weight is 390 g/mol. The molecule has 0 atom stereocenters. The molecule has 4 aromatic rings. The van der Waals surface area contributed by atoms with Gasteiger partial charge in [-0.05, 0) is 34.4 Å². The summed E-state index contributed by atoms with van der Waals surface area (Å²) < 4.78 is 7.32. The molecule has 0 unspecified atom stereocenters. The minimum absolute atomic E-state index is 0.0522. The Balaban J connectivity index is 1.45. The number of carbonyl (C=O) groups is 1. The van der Waals surface area contributed by atoms with Crippen molar-refractivity contribution in [3.05, 3.63) is 83.4 Å². The van der Waals surface area contributed by atoms with Gasteiger partial charge >= 0.3 is 5.97 Å². The molecule has 0 fully saturated rings. The van der Waals surface area contributed by atoms with E-state index in [1.54, 1.807) is 6.07 Å². The van der Waals surface area contributed by atoms with Crippen molar-refractivity contribution in [3.8, 4) is 11.1 Å². The van der Waals surface area contributed by atoms with Gasteiger partial charge in [0.2, 0.25) is 0 Å². The zero-order valence-corrected chi connectivity index (χ0v) is 16.0. The van der Waals surface area contributed by atoms with Crippen LogP contribution in [0.4, 0.5) is 0 Å². The minimum atomic E-state index is -0.346. The van der Waals surface area contributed by atoms with E-state index in [9.17, 15) is 4.79 Å². The number of ether oxygens (including phenoxy) is 1. The Morgan fingerprint density at radius 2 is 1.63 bits per heavy atom. The summed E-state index contributed by atoms with van der Waals surface area (Å²) in [6, 6.07) is 22.2. The fourth-order valence-corrected chi connectivity index (χ4v) is 4.91. The zero-order valence-electron chi connectivity index (χ0n) is 14.3. The third-order valence-corrected chi connectivity index (χ3v) is 6.17. The molecule has 0 bridgehead atoms. The number of carbonyl (C=O) groups excluding carboxylic acids is 1. The molecule has 0 amide bonds. The predicted molar refractivity (Wildman–Crippen MR) is 111 cm³/mol. The highest BCUT2D eigenvalue weighted by Crippen LogP contribution is 2.44. The zero-order chi connectivity index (χ0) is 18.4. The topological polar surface area (TPSA) is 39.2 Å². The Hall–Kier alpha value is -2.63. The number of esters is 1. The van der Waals surface area contributed by atoms with E-state index in [1.165, 1.54) is 33.6 Å². The number of thiol groups is 1. The molecule has 1 aromatic heterocycles. The van der Waals surface area contributed by atoms with Gasteiger partial charge in [-0.2, -0.15) is 0 Å². The average Bonchev–Trinajstić information content (AvgIpc) is 3.23. The third-order valence-electron chi connectivity index (χ3n) is 4.97. The van der Waals surface area contributed by atoms with Gasteiger partial charge in [-0.15, -0.1) is 24.0 Å². The summed E-state index contributed by atoms with van der Waals surface area (Å²) in [5.41, 5.74) is 5.99. The molecular weight excluding hydrogens is 374 g/mol. The normalized spacial score (nSPS) is 12.8. The summed E-state index contributed by atoms with van der Waals surface area (Å²) in [5.74, 6) is -0.294. The van der Waals surface area contributed by atoms with Crippen LogP contribution >= 0.6 is 24.0 Å². The van der Waals surface area contributed by atoms with Gasteiger partial charge in [0.05, 0.1) is 15.8 Å². The minimum Gasteiger partial charge on any atom is -0.461 e. The number of rotatable bonds is 3. The first kappa shape index (κ1) is 16.5. The third kappa shape index (κ3) is 2.74. The molecule has 3 nitrogen and oxygen atoms in total. The van der Waals surface area contributed by atoms with Gasteiger partial charge in [-0.3, -0.25) is 0 Å². The molecule has 1 aliphatic carbocycles. The maximum Gasteiger partial charge on any atom is 0.340 e. The van der Waals surface area contributed by atoms with Crippen molar-refractivity contribution in [2.24, 2.45) is 0 Å². The number of hydrogen-bond donors (Lipinski definition) is 1. The lowest BCUT2D eigenvalue weighted by Crippen LogP contribution is -2.13. The van der Waals surface area contributed by atoms with Crippen molar-refractivity contribution < 1.29 is 9.53 Å². The summed E-state index contributed by atoms with van der Waals surface area (Å²) in [6.07, 6.45) is 0. The van der Waals surface area contributed by atoms with Crippen molar-refractivity contribution in [1.29, 1.82) is 0 Å². The van der Waals surface area contributed by atoms with Crippen molar-refractivity contribution in [2.45, 2.75) is 10.3 Å². The Morgan fingerprint density at radius 1 is 0.963 bits per heavy atom. The second-order valence-corrected chi connectivity index (χ2v) is 8.23. The smallest absolute Gasteiger partial charge is 0.340 e. The SMILES string of the molecule is O=C(OCC1c2ccccc2-c2ccccc21)c1cccc2sc(S)nc12. The van der Waals surface area contributed by atoms with Gasteiger partial charge < -0.3 is 4.74 Å². The number of para-hydroxylation sites is 1. The van der Waals surface area contributed by atoms with E-state index in [2.05, 4.69) is 41.9 Å². The molecule has 0 saturated carbocycles. The first-order chi connectivity index (χ1) is 13.2. The molecule has 0 spiro atoms. The summed E-state index contributed by atoms with van der Waals surface area (Å²) in [7, 11) is 0. The van der Waals surface area contributed by atoms with Gasteiger partial charge in [0.1, 0.15) is 10.9 Å². The van der Waals surface area contributed by atoms with Crippen LogP contribution in [0.25, 0.3) is 21.3 Å². The molecule has 0 radical (unpaired) electrons. The highest BCUT2D eigenvalue weighted by Gasteiger charge is 2.29. The van der Waals surface area contributed by atoms with Crippen LogP contribution in [0.15, 0.2) is 71.1 Å². The maximum absolute atomic E-state index is 12.8. The Bertz CT molecular complexity index is 1140.